The first-order valence-electron chi connectivity index (χ1n) is 5.83. The number of aromatic nitrogens is 4. The van der Waals surface area contributed by atoms with Gasteiger partial charge in [-0.25, -0.2) is 9.97 Å². The average molecular weight is 275 g/mol. The fourth-order valence-corrected chi connectivity index (χ4v) is 2.53. The highest BCUT2D eigenvalue weighted by Crippen LogP contribution is 2.20. The molecule has 0 bridgehead atoms. The molecule has 0 fully saturated rings. The summed E-state index contributed by atoms with van der Waals surface area (Å²) in [6, 6.07) is 3.64. The number of nitrogens with two attached hydrogens (primary N) is 1. The summed E-state index contributed by atoms with van der Waals surface area (Å²) in [6.45, 7) is 0.704. The highest BCUT2D eigenvalue weighted by molar-refractivity contribution is 7.09. The molecule has 19 heavy (non-hydrogen) atoms. The summed E-state index contributed by atoms with van der Waals surface area (Å²) >= 11 is 1.63. The van der Waals surface area contributed by atoms with E-state index in [9.17, 15) is 0 Å². The second kappa shape index (κ2) is 4.85. The van der Waals surface area contributed by atoms with Crippen LogP contribution < -0.4 is 10.5 Å². The second-order valence-electron chi connectivity index (χ2n) is 3.99. The molecule has 0 unspecified atom stereocenters. The molecule has 6 nitrogen and oxygen atoms in total. The van der Waals surface area contributed by atoms with Crippen LogP contribution in [0.3, 0.4) is 0 Å². The monoisotopic (exact) mass is 275 g/mol. The first-order valence-corrected chi connectivity index (χ1v) is 6.71. The Kier molecular flexibility index (Phi) is 3.04. The van der Waals surface area contributed by atoms with Crippen LogP contribution in [0.25, 0.3) is 11.2 Å². The van der Waals surface area contributed by atoms with Gasteiger partial charge in [0.1, 0.15) is 5.52 Å². The zero-order chi connectivity index (χ0) is 13.2. The van der Waals surface area contributed by atoms with Crippen molar-refractivity contribution in [2.75, 3.05) is 12.8 Å². The second-order valence-corrected chi connectivity index (χ2v) is 4.97. The largest absolute Gasteiger partial charge is 0.481 e. The third-order valence-corrected chi connectivity index (χ3v) is 3.68. The number of nitrogens with zero attached hydrogens (tertiary/aromatic N) is 4. The summed E-state index contributed by atoms with van der Waals surface area (Å²) in [5.41, 5.74) is 7.46. The minimum absolute atomic E-state index is 0.465. The summed E-state index contributed by atoms with van der Waals surface area (Å²) in [6.07, 6.45) is 2.61. The maximum absolute atomic E-state index is 5.94. The van der Waals surface area contributed by atoms with Crippen LogP contribution in [0.1, 0.15) is 5.01 Å². The molecule has 98 valence electrons. The van der Waals surface area contributed by atoms with E-state index in [0.717, 1.165) is 22.6 Å². The van der Waals surface area contributed by atoms with Gasteiger partial charge in [0.05, 0.1) is 12.1 Å². The maximum atomic E-state index is 5.94. The highest BCUT2D eigenvalue weighted by Gasteiger charge is 2.11. The van der Waals surface area contributed by atoms with Gasteiger partial charge >= 0.3 is 0 Å². The Labute approximate surface area is 113 Å². The van der Waals surface area contributed by atoms with E-state index in [0.29, 0.717) is 18.4 Å². The van der Waals surface area contributed by atoms with Gasteiger partial charge in [-0.3, -0.25) is 4.57 Å². The number of fused-ring (bicyclic) bond motifs is 1. The SMILES string of the molecule is COc1ccc2nc(N)n(CCc3nccs3)c2n1. The number of thiazole rings is 1. The van der Waals surface area contributed by atoms with Crippen molar-refractivity contribution in [1.29, 1.82) is 0 Å². The van der Waals surface area contributed by atoms with E-state index in [2.05, 4.69) is 15.0 Å². The topological polar surface area (TPSA) is 78.9 Å². The van der Waals surface area contributed by atoms with Crippen molar-refractivity contribution in [3.8, 4) is 5.88 Å². The zero-order valence-corrected chi connectivity index (χ0v) is 11.2. The third kappa shape index (κ3) is 2.24. The number of hydrogen-bond acceptors (Lipinski definition) is 6. The Morgan fingerprint density at radius 1 is 1.37 bits per heavy atom. The number of hydrogen-bond donors (Lipinski definition) is 1. The van der Waals surface area contributed by atoms with Crippen molar-refractivity contribution in [3.63, 3.8) is 0 Å². The van der Waals surface area contributed by atoms with E-state index in [-0.39, 0.29) is 0 Å². The van der Waals surface area contributed by atoms with Crippen molar-refractivity contribution >= 4 is 28.4 Å². The van der Waals surface area contributed by atoms with Crippen LogP contribution in [0.4, 0.5) is 5.95 Å². The van der Waals surface area contributed by atoms with Crippen molar-refractivity contribution in [2.45, 2.75) is 13.0 Å². The Hall–Kier alpha value is -2.15. The number of nitrogen functional groups attached to an aromatic ring is 1. The Morgan fingerprint density at radius 2 is 2.26 bits per heavy atom. The normalized spacial score (nSPS) is 11.0. The minimum atomic E-state index is 0.465. The van der Waals surface area contributed by atoms with E-state index >= 15 is 0 Å². The van der Waals surface area contributed by atoms with E-state index in [4.69, 9.17) is 10.5 Å². The fourth-order valence-electron chi connectivity index (χ4n) is 1.92. The number of aryl methyl sites for hydroxylation is 2. The molecular formula is C12H13N5OS. The lowest BCUT2D eigenvalue weighted by Gasteiger charge is -2.05. The highest BCUT2D eigenvalue weighted by atomic mass is 32.1. The van der Waals surface area contributed by atoms with E-state index in [1.54, 1.807) is 30.7 Å². The number of anilines is 1. The molecule has 3 rings (SSSR count). The van der Waals surface area contributed by atoms with Gasteiger partial charge in [-0.2, -0.15) is 4.98 Å². The van der Waals surface area contributed by atoms with Gasteiger partial charge in [-0.1, -0.05) is 0 Å². The van der Waals surface area contributed by atoms with Crippen molar-refractivity contribution in [3.05, 3.63) is 28.7 Å². The molecular weight excluding hydrogens is 262 g/mol. The summed E-state index contributed by atoms with van der Waals surface area (Å²) in [4.78, 5) is 12.9. The van der Waals surface area contributed by atoms with E-state index in [1.807, 2.05) is 16.0 Å². The molecule has 0 aliphatic heterocycles. The van der Waals surface area contributed by atoms with Crippen molar-refractivity contribution < 1.29 is 4.74 Å². The lowest BCUT2D eigenvalue weighted by atomic mass is 10.4. The molecule has 0 aromatic carbocycles. The molecule has 0 saturated heterocycles. The molecule has 0 aliphatic carbocycles. The van der Waals surface area contributed by atoms with E-state index < -0.39 is 0 Å². The molecule has 0 saturated carbocycles. The number of rotatable bonds is 4. The van der Waals surface area contributed by atoms with Gasteiger partial charge in [0.2, 0.25) is 11.8 Å². The predicted octanol–water partition coefficient (Wildman–Crippen LogP) is 1.72. The van der Waals surface area contributed by atoms with Crippen LogP contribution in [-0.2, 0) is 13.0 Å². The minimum Gasteiger partial charge on any atom is -0.481 e. The number of methoxy groups -OCH3 is 1. The van der Waals surface area contributed by atoms with Crippen LogP contribution in [0, 0.1) is 0 Å². The molecule has 0 atom stereocenters. The van der Waals surface area contributed by atoms with Crippen LogP contribution >= 0.6 is 11.3 Å². The lowest BCUT2D eigenvalue weighted by Crippen LogP contribution is -2.06. The predicted molar refractivity (Wildman–Crippen MR) is 74.3 cm³/mol. The van der Waals surface area contributed by atoms with Gasteiger partial charge in [-0.15, -0.1) is 11.3 Å². The third-order valence-electron chi connectivity index (χ3n) is 2.84. The number of pyridine rings is 1. The van der Waals surface area contributed by atoms with Gasteiger partial charge in [-0.05, 0) is 6.07 Å². The maximum Gasteiger partial charge on any atom is 0.215 e. The Morgan fingerprint density at radius 3 is 3.00 bits per heavy atom. The zero-order valence-electron chi connectivity index (χ0n) is 10.4. The Bertz CT molecular complexity index is 692. The Balaban J connectivity index is 1.94. The molecule has 3 heterocycles. The average Bonchev–Trinajstić information content (AvgIpc) is 3.03. The van der Waals surface area contributed by atoms with Crippen molar-refractivity contribution in [2.24, 2.45) is 0 Å². The summed E-state index contributed by atoms with van der Waals surface area (Å²) in [7, 11) is 1.59. The van der Waals surface area contributed by atoms with Crippen molar-refractivity contribution in [1.82, 2.24) is 19.5 Å². The standard InChI is InChI=1S/C12H13N5OS/c1-18-9-3-2-8-11(16-9)17(12(13)15-8)6-4-10-14-5-7-19-10/h2-3,5,7H,4,6H2,1H3,(H2,13,15). The molecule has 3 aromatic rings. The smallest absolute Gasteiger partial charge is 0.215 e. The first-order chi connectivity index (χ1) is 9.28. The summed E-state index contributed by atoms with van der Waals surface area (Å²) in [5, 5.41) is 3.04. The van der Waals surface area contributed by atoms with Gasteiger partial charge < -0.3 is 10.5 Å². The van der Waals surface area contributed by atoms with Crippen LogP contribution in [0.2, 0.25) is 0 Å². The molecule has 3 aromatic heterocycles. The molecule has 0 aliphatic rings. The lowest BCUT2D eigenvalue weighted by molar-refractivity contribution is 0.399. The molecule has 0 spiro atoms. The number of imidazole rings is 1. The molecule has 0 radical (unpaired) electrons. The molecule has 2 N–H and O–H groups in total. The van der Waals surface area contributed by atoms with Gasteiger partial charge in [0.15, 0.2) is 5.65 Å². The first kappa shape index (κ1) is 11.9. The molecule has 7 heteroatoms. The van der Waals surface area contributed by atoms with Crippen LogP contribution in [-0.4, -0.2) is 26.6 Å². The van der Waals surface area contributed by atoms with Gasteiger partial charge in [0.25, 0.3) is 0 Å². The van der Waals surface area contributed by atoms with Crippen LogP contribution in [0.5, 0.6) is 5.88 Å². The quantitative estimate of drug-likeness (QED) is 0.784. The van der Waals surface area contributed by atoms with Crippen LogP contribution in [0.15, 0.2) is 23.7 Å². The van der Waals surface area contributed by atoms with E-state index in [1.165, 1.54) is 0 Å². The fraction of sp³-hybridized carbons (Fsp3) is 0.250. The molecule has 0 amide bonds. The summed E-state index contributed by atoms with van der Waals surface area (Å²) in [5.74, 6) is 1.02. The van der Waals surface area contributed by atoms with Gasteiger partial charge in [0, 0.05) is 30.6 Å². The number of ether oxygens (including phenoxy) is 1. The summed E-state index contributed by atoms with van der Waals surface area (Å²) < 4.78 is 7.02.